The van der Waals surface area contributed by atoms with Gasteiger partial charge in [-0.05, 0) is 62.2 Å². The maximum absolute atomic E-state index is 13.0. The quantitative estimate of drug-likeness (QED) is 0.808. The molecule has 29 heavy (non-hydrogen) atoms. The smallest absolute Gasteiger partial charge is 0.227 e. The van der Waals surface area contributed by atoms with Crippen molar-refractivity contribution in [2.24, 2.45) is 5.92 Å². The monoisotopic (exact) mass is 396 g/mol. The molecule has 1 saturated heterocycles. The highest BCUT2D eigenvalue weighted by atomic mass is 16.5. The van der Waals surface area contributed by atoms with Crippen molar-refractivity contribution in [3.8, 4) is 11.5 Å². The zero-order valence-electron chi connectivity index (χ0n) is 17.3. The molecule has 2 atom stereocenters. The molecule has 0 saturated carbocycles. The summed E-state index contributed by atoms with van der Waals surface area (Å²) >= 11 is 0. The molecule has 0 unspecified atom stereocenters. The molecule has 3 rings (SSSR count). The van der Waals surface area contributed by atoms with E-state index in [0.29, 0.717) is 18.6 Å². The third-order valence-corrected chi connectivity index (χ3v) is 5.17. The summed E-state index contributed by atoms with van der Waals surface area (Å²) in [5.41, 5.74) is 1.65. The van der Waals surface area contributed by atoms with Gasteiger partial charge in [0, 0.05) is 18.2 Å². The molecule has 2 aromatic carbocycles. The molecule has 1 heterocycles. The van der Waals surface area contributed by atoms with E-state index in [1.54, 1.807) is 19.1 Å². The second kappa shape index (κ2) is 8.99. The van der Waals surface area contributed by atoms with Crippen molar-refractivity contribution in [1.82, 2.24) is 5.32 Å². The fraction of sp³-hybridized carbons (Fsp3) is 0.391. The van der Waals surface area contributed by atoms with Crippen LogP contribution in [0.2, 0.25) is 0 Å². The Balaban J connectivity index is 2.05. The van der Waals surface area contributed by atoms with E-state index in [2.05, 4.69) is 5.32 Å². The maximum Gasteiger partial charge on any atom is 0.227 e. The van der Waals surface area contributed by atoms with Gasteiger partial charge in [0.25, 0.3) is 0 Å². The van der Waals surface area contributed by atoms with Crippen molar-refractivity contribution in [3.05, 3.63) is 54.1 Å². The fourth-order valence-electron chi connectivity index (χ4n) is 3.79. The van der Waals surface area contributed by atoms with E-state index in [0.717, 1.165) is 17.0 Å². The van der Waals surface area contributed by atoms with Crippen molar-refractivity contribution in [1.29, 1.82) is 0 Å². The van der Waals surface area contributed by atoms with Crippen molar-refractivity contribution >= 4 is 17.5 Å². The molecule has 6 heteroatoms. The molecule has 0 aromatic heterocycles. The molecule has 0 aliphatic carbocycles. The molecule has 0 radical (unpaired) electrons. The first-order valence-electron chi connectivity index (χ1n) is 9.85. The number of amides is 2. The third-order valence-electron chi connectivity index (χ3n) is 5.17. The Bertz CT molecular complexity index is 846. The molecule has 1 N–H and O–H groups in total. The number of carbonyl (C=O) groups is 2. The Hall–Kier alpha value is -3.02. The number of piperidine rings is 1. The molecule has 6 nitrogen and oxygen atoms in total. The van der Waals surface area contributed by atoms with Crippen LogP contribution in [0.1, 0.15) is 38.3 Å². The van der Waals surface area contributed by atoms with Crippen molar-refractivity contribution < 1.29 is 19.1 Å². The minimum Gasteiger partial charge on any atom is -0.497 e. The van der Waals surface area contributed by atoms with Crippen LogP contribution >= 0.6 is 0 Å². The minimum atomic E-state index is -0.394. The highest BCUT2D eigenvalue weighted by Gasteiger charge is 2.41. The molecule has 1 aliphatic heterocycles. The van der Waals surface area contributed by atoms with Gasteiger partial charge < -0.3 is 19.7 Å². The van der Waals surface area contributed by atoms with Crippen LogP contribution in [0, 0.1) is 5.92 Å². The normalized spacial score (nSPS) is 19.2. The number of ether oxygens (including phenoxy) is 2. The van der Waals surface area contributed by atoms with Crippen LogP contribution in [-0.2, 0) is 9.59 Å². The van der Waals surface area contributed by atoms with E-state index in [4.69, 9.17) is 9.47 Å². The van der Waals surface area contributed by atoms with Crippen LogP contribution < -0.4 is 19.7 Å². The SMILES string of the molecule is COc1ccc([C@@H]2[C@H](C(=O)NC(C)C)CCC(=O)N2c2ccc(OC)cc2)cc1. The average Bonchev–Trinajstić information content (AvgIpc) is 2.73. The average molecular weight is 396 g/mol. The molecular formula is C23H28N2O4. The summed E-state index contributed by atoms with van der Waals surface area (Å²) in [7, 11) is 3.22. The minimum absolute atomic E-state index is 0.00424. The summed E-state index contributed by atoms with van der Waals surface area (Å²) in [6.07, 6.45) is 0.843. The Morgan fingerprint density at radius 1 is 1.00 bits per heavy atom. The van der Waals surface area contributed by atoms with Crippen LogP contribution in [-0.4, -0.2) is 32.1 Å². The van der Waals surface area contributed by atoms with E-state index in [1.165, 1.54) is 0 Å². The second-order valence-electron chi connectivity index (χ2n) is 7.49. The lowest BCUT2D eigenvalue weighted by Crippen LogP contribution is -2.49. The van der Waals surface area contributed by atoms with E-state index in [1.807, 2.05) is 62.4 Å². The Morgan fingerprint density at radius 3 is 2.07 bits per heavy atom. The fourth-order valence-corrected chi connectivity index (χ4v) is 3.79. The van der Waals surface area contributed by atoms with Gasteiger partial charge in [-0.2, -0.15) is 0 Å². The number of carbonyl (C=O) groups excluding carboxylic acids is 2. The molecule has 1 fully saturated rings. The van der Waals surface area contributed by atoms with Crippen LogP contribution in [0.4, 0.5) is 5.69 Å². The number of benzene rings is 2. The first-order chi connectivity index (χ1) is 13.9. The van der Waals surface area contributed by atoms with Crippen LogP contribution in [0.3, 0.4) is 0 Å². The first kappa shape index (κ1) is 20.7. The highest BCUT2D eigenvalue weighted by Crippen LogP contribution is 2.40. The summed E-state index contributed by atoms with van der Waals surface area (Å²) in [5, 5.41) is 3.02. The number of nitrogens with zero attached hydrogens (tertiary/aromatic N) is 1. The Morgan fingerprint density at radius 2 is 1.55 bits per heavy atom. The second-order valence-corrected chi connectivity index (χ2v) is 7.49. The van der Waals surface area contributed by atoms with Gasteiger partial charge in [-0.15, -0.1) is 0 Å². The standard InChI is InChI=1S/C23H28N2O4/c1-15(2)24-23(27)20-13-14-21(26)25(17-7-11-19(29-4)12-8-17)22(20)16-5-9-18(28-3)10-6-16/h5-12,15,20,22H,13-14H2,1-4H3,(H,24,27)/t20-,22-/m1/s1. The van der Waals surface area contributed by atoms with Gasteiger partial charge in [0.05, 0.1) is 26.2 Å². The lowest BCUT2D eigenvalue weighted by atomic mass is 9.83. The van der Waals surface area contributed by atoms with E-state index in [-0.39, 0.29) is 23.8 Å². The molecule has 0 spiro atoms. The van der Waals surface area contributed by atoms with Crippen LogP contribution in [0.15, 0.2) is 48.5 Å². The number of nitrogens with one attached hydrogen (secondary N) is 1. The predicted octanol–water partition coefficient (Wildman–Crippen LogP) is 3.71. The van der Waals surface area contributed by atoms with E-state index in [9.17, 15) is 9.59 Å². The lowest BCUT2D eigenvalue weighted by molar-refractivity contribution is -0.129. The summed E-state index contributed by atoms with van der Waals surface area (Å²) in [6.45, 7) is 3.88. The summed E-state index contributed by atoms with van der Waals surface area (Å²) in [5.74, 6) is 1.07. The zero-order valence-corrected chi connectivity index (χ0v) is 17.3. The molecule has 2 aromatic rings. The van der Waals surface area contributed by atoms with Gasteiger partial charge in [0.2, 0.25) is 11.8 Å². The van der Waals surface area contributed by atoms with Gasteiger partial charge in [0.15, 0.2) is 0 Å². The summed E-state index contributed by atoms with van der Waals surface area (Å²) < 4.78 is 10.5. The molecule has 1 aliphatic rings. The number of hydrogen-bond acceptors (Lipinski definition) is 4. The lowest BCUT2D eigenvalue weighted by Gasteiger charge is -2.41. The Kier molecular flexibility index (Phi) is 6.42. The molecule has 0 bridgehead atoms. The third kappa shape index (κ3) is 4.53. The summed E-state index contributed by atoms with van der Waals surface area (Å²) in [6, 6.07) is 14.6. The number of anilines is 1. The molecule has 2 amide bonds. The number of methoxy groups -OCH3 is 2. The largest absolute Gasteiger partial charge is 0.497 e. The van der Waals surface area contributed by atoms with E-state index < -0.39 is 6.04 Å². The topological polar surface area (TPSA) is 67.9 Å². The van der Waals surface area contributed by atoms with Gasteiger partial charge >= 0.3 is 0 Å². The van der Waals surface area contributed by atoms with Gasteiger partial charge in [0.1, 0.15) is 11.5 Å². The maximum atomic E-state index is 13.0. The van der Waals surface area contributed by atoms with E-state index >= 15 is 0 Å². The van der Waals surface area contributed by atoms with Crippen molar-refractivity contribution in [2.45, 2.75) is 38.8 Å². The van der Waals surface area contributed by atoms with Gasteiger partial charge in [-0.3, -0.25) is 9.59 Å². The highest BCUT2D eigenvalue weighted by molar-refractivity contribution is 5.97. The van der Waals surface area contributed by atoms with Gasteiger partial charge in [-0.25, -0.2) is 0 Å². The van der Waals surface area contributed by atoms with Crippen LogP contribution in [0.5, 0.6) is 11.5 Å². The van der Waals surface area contributed by atoms with Crippen molar-refractivity contribution in [3.63, 3.8) is 0 Å². The predicted molar refractivity (Wildman–Crippen MR) is 112 cm³/mol. The Labute approximate surface area is 171 Å². The molecule has 154 valence electrons. The number of hydrogen-bond donors (Lipinski definition) is 1. The number of rotatable bonds is 6. The molecular weight excluding hydrogens is 368 g/mol. The summed E-state index contributed by atoms with van der Waals surface area (Å²) in [4.78, 5) is 27.7. The first-order valence-corrected chi connectivity index (χ1v) is 9.85. The van der Waals surface area contributed by atoms with Gasteiger partial charge in [-0.1, -0.05) is 12.1 Å². The van der Waals surface area contributed by atoms with Crippen molar-refractivity contribution in [2.75, 3.05) is 19.1 Å². The zero-order chi connectivity index (χ0) is 21.0. The van der Waals surface area contributed by atoms with Crippen LogP contribution in [0.25, 0.3) is 0 Å².